The van der Waals surface area contributed by atoms with Crippen LogP contribution < -0.4 is 15.0 Å². The van der Waals surface area contributed by atoms with Crippen LogP contribution in [-0.2, 0) is 9.59 Å². The summed E-state index contributed by atoms with van der Waals surface area (Å²) in [5, 5.41) is 3.70. The van der Waals surface area contributed by atoms with Crippen molar-refractivity contribution in [3.05, 3.63) is 94.1 Å². The van der Waals surface area contributed by atoms with E-state index in [1.54, 1.807) is 30.3 Å². The minimum absolute atomic E-state index is 0.224. The summed E-state index contributed by atoms with van der Waals surface area (Å²) in [6.45, 7) is 6.43. The summed E-state index contributed by atoms with van der Waals surface area (Å²) >= 11 is 6.00. The number of hydrogen-bond acceptors (Lipinski definition) is 4. The van der Waals surface area contributed by atoms with Crippen LogP contribution in [0.2, 0.25) is 5.02 Å². The second-order valence-corrected chi connectivity index (χ2v) is 7.99. The number of nitrogens with one attached hydrogen (secondary N) is 1. The third-order valence-corrected chi connectivity index (χ3v) is 5.63. The summed E-state index contributed by atoms with van der Waals surface area (Å²) < 4.78 is 5.57. The van der Waals surface area contributed by atoms with Crippen LogP contribution in [0, 0.1) is 13.8 Å². The molecule has 0 atom stereocenters. The third kappa shape index (κ3) is 4.12. The fourth-order valence-electron chi connectivity index (χ4n) is 3.61. The molecule has 1 N–H and O–H groups in total. The van der Waals surface area contributed by atoms with E-state index in [4.69, 9.17) is 16.3 Å². The number of halogens is 1. The van der Waals surface area contributed by atoms with Crippen molar-refractivity contribution in [1.82, 2.24) is 0 Å². The molecule has 4 rings (SSSR count). The lowest BCUT2D eigenvalue weighted by Gasteiger charge is -2.15. The predicted octanol–water partition coefficient (Wildman–Crippen LogP) is 5.75. The number of imide groups is 1. The molecule has 2 amide bonds. The standard InChI is InChI=1S/C26H23ClN2O3/c1-4-32-22-7-5-6-20(15-22)28-24-23(18-9-8-16(2)17(3)14-18)25(30)29(26(24)31)21-12-10-19(27)11-13-21/h5-15,28H,4H2,1-3H3. The number of benzene rings is 3. The molecule has 0 unspecified atom stereocenters. The molecular formula is C26H23ClN2O3. The number of amides is 2. The van der Waals surface area contributed by atoms with Gasteiger partial charge in [-0.2, -0.15) is 0 Å². The summed E-state index contributed by atoms with van der Waals surface area (Å²) in [5.41, 5.74) is 4.51. The van der Waals surface area contributed by atoms with Crippen molar-refractivity contribution in [2.24, 2.45) is 0 Å². The molecule has 6 heteroatoms. The van der Waals surface area contributed by atoms with Crippen LogP contribution in [0.15, 0.2) is 72.4 Å². The Morgan fingerprint density at radius 1 is 0.906 bits per heavy atom. The first-order chi connectivity index (χ1) is 15.4. The molecule has 0 radical (unpaired) electrons. The van der Waals surface area contributed by atoms with Crippen LogP contribution >= 0.6 is 11.6 Å². The predicted molar refractivity (Wildman–Crippen MR) is 128 cm³/mol. The van der Waals surface area contributed by atoms with E-state index in [1.807, 2.05) is 57.2 Å². The lowest BCUT2D eigenvalue weighted by atomic mass is 9.99. The van der Waals surface area contributed by atoms with Crippen molar-refractivity contribution in [3.8, 4) is 5.75 Å². The summed E-state index contributed by atoms with van der Waals surface area (Å²) in [6, 6.07) is 19.7. The van der Waals surface area contributed by atoms with Crippen LogP contribution in [-0.4, -0.2) is 18.4 Å². The van der Waals surface area contributed by atoms with E-state index in [-0.39, 0.29) is 11.6 Å². The van der Waals surface area contributed by atoms with Gasteiger partial charge in [0.15, 0.2) is 0 Å². The van der Waals surface area contributed by atoms with E-state index in [9.17, 15) is 9.59 Å². The molecule has 0 aromatic heterocycles. The number of ether oxygens (including phenoxy) is 1. The van der Waals surface area contributed by atoms with Gasteiger partial charge in [-0.3, -0.25) is 9.59 Å². The Kier molecular flexibility index (Phi) is 6.01. The quantitative estimate of drug-likeness (QED) is 0.489. The van der Waals surface area contributed by atoms with Gasteiger partial charge < -0.3 is 10.1 Å². The Labute approximate surface area is 192 Å². The summed E-state index contributed by atoms with van der Waals surface area (Å²) in [7, 11) is 0. The fraction of sp³-hybridized carbons (Fsp3) is 0.154. The van der Waals surface area contributed by atoms with Gasteiger partial charge in [0.25, 0.3) is 11.8 Å². The summed E-state index contributed by atoms with van der Waals surface area (Å²) in [6.07, 6.45) is 0. The van der Waals surface area contributed by atoms with Gasteiger partial charge in [-0.05, 0) is 73.9 Å². The van der Waals surface area contributed by atoms with E-state index in [2.05, 4.69) is 5.32 Å². The average molecular weight is 447 g/mol. The number of carbonyl (C=O) groups is 2. The molecule has 5 nitrogen and oxygen atoms in total. The number of rotatable bonds is 6. The molecule has 0 bridgehead atoms. The molecule has 0 aliphatic carbocycles. The topological polar surface area (TPSA) is 58.6 Å². The highest BCUT2D eigenvalue weighted by Crippen LogP contribution is 2.35. The SMILES string of the molecule is CCOc1cccc(NC2=C(c3ccc(C)c(C)c3)C(=O)N(c3ccc(Cl)cc3)C2=O)c1. The fourth-order valence-corrected chi connectivity index (χ4v) is 3.74. The molecule has 1 aliphatic rings. The first-order valence-electron chi connectivity index (χ1n) is 10.3. The minimum Gasteiger partial charge on any atom is -0.494 e. The molecule has 1 aliphatic heterocycles. The molecule has 3 aromatic rings. The highest BCUT2D eigenvalue weighted by atomic mass is 35.5. The zero-order valence-corrected chi connectivity index (χ0v) is 18.9. The highest BCUT2D eigenvalue weighted by molar-refractivity contribution is 6.46. The summed E-state index contributed by atoms with van der Waals surface area (Å²) in [4.78, 5) is 28.2. The van der Waals surface area contributed by atoms with Gasteiger partial charge in [0.05, 0.1) is 17.9 Å². The second kappa shape index (κ2) is 8.89. The molecule has 3 aromatic carbocycles. The minimum atomic E-state index is -0.424. The normalized spacial score (nSPS) is 13.7. The van der Waals surface area contributed by atoms with Crippen LogP contribution in [0.25, 0.3) is 5.57 Å². The molecule has 32 heavy (non-hydrogen) atoms. The lowest BCUT2D eigenvalue weighted by Crippen LogP contribution is -2.32. The van der Waals surface area contributed by atoms with Gasteiger partial charge in [0, 0.05) is 16.8 Å². The monoisotopic (exact) mass is 446 g/mol. The Morgan fingerprint density at radius 2 is 1.66 bits per heavy atom. The van der Waals surface area contributed by atoms with E-state index in [0.29, 0.717) is 39.9 Å². The van der Waals surface area contributed by atoms with Gasteiger partial charge in [0.2, 0.25) is 0 Å². The number of nitrogens with zero attached hydrogens (tertiary/aromatic N) is 1. The van der Waals surface area contributed by atoms with Gasteiger partial charge in [-0.25, -0.2) is 4.90 Å². The van der Waals surface area contributed by atoms with Crippen LogP contribution in [0.1, 0.15) is 23.6 Å². The Hall–Kier alpha value is -3.57. The van der Waals surface area contributed by atoms with Crippen molar-refractivity contribution >= 4 is 40.4 Å². The van der Waals surface area contributed by atoms with Crippen molar-refractivity contribution in [1.29, 1.82) is 0 Å². The number of hydrogen-bond donors (Lipinski definition) is 1. The maximum atomic E-state index is 13.5. The average Bonchev–Trinajstić information content (AvgIpc) is 3.01. The molecule has 0 spiro atoms. The zero-order valence-electron chi connectivity index (χ0n) is 18.1. The smallest absolute Gasteiger partial charge is 0.282 e. The number of carbonyl (C=O) groups excluding carboxylic acids is 2. The van der Waals surface area contributed by atoms with E-state index < -0.39 is 5.91 Å². The van der Waals surface area contributed by atoms with Gasteiger partial charge in [-0.1, -0.05) is 35.9 Å². The maximum absolute atomic E-state index is 13.5. The number of anilines is 2. The van der Waals surface area contributed by atoms with Crippen molar-refractivity contribution < 1.29 is 14.3 Å². The van der Waals surface area contributed by atoms with E-state index in [0.717, 1.165) is 11.1 Å². The van der Waals surface area contributed by atoms with Gasteiger partial charge >= 0.3 is 0 Å². The highest BCUT2D eigenvalue weighted by Gasteiger charge is 2.40. The first kappa shape index (κ1) is 21.7. The Bertz CT molecular complexity index is 1230. The van der Waals surface area contributed by atoms with E-state index >= 15 is 0 Å². The Morgan fingerprint density at radius 3 is 2.34 bits per heavy atom. The van der Waals surface area contributed by atoms with Crippen LogP contribution in [0.3, 0.4) is 0 Å². The second-order valence-electron chi connectivity index (χ2n) is 7.56. The molecule has 0 saturated heterocycles. The van der Waals surface area contributed by atoms with E-state index in [1.165, 1.54) is 4.90 Å². The first-order valence-corrected chi connectivity index (χ1v) is 10.7. The molecular weight excluding hydrogens is 424 g/mol. The summed E-state index contributed by atoms with van der Waals surface area (Å²) in [5.74, 6) is -0.131. The van der Waals surface area contributed by atoms with Gasteiger partial charge in [-0.15, -0.1) is 0 Å². The lowest BCUT2D eigenvalue weighted by molar-refractivity contribution is -0.120. The van der Waals surface area contributed by atoms with Crippen LogP contribution in [0.5, 0.6) is 5.75 Å². The van der Waals surface area contributed by atoms with Crippen molar-refractivity contribution in [3.63, 3.8) is 0 Å². The van der Waals surface area contributed by atoms with Crippen molar-refractivity contribution in [2.45, 2.75) is 20.8 Å². The molecule has 162 valence electrons. The molecule has 0 fully saturated rings. The number of aryl methyl sites for hydroxylation is 2. The van der Waals surface area contributed by atoms with Crippen LogP contribution in [0.4, 0.5) is 11.4 Å². The molecule has 1 heterocycles. The molecule has 0 saturated carbocycles. The van der Waals surface area contributed by atoms with Gasteiger partial charge in [0.1, 0.15) is 11.4 Å². The van der Waals surface area contributed by atoms with Crippen molar-refractivity contribution in [2.75, 3.05) is 16.8 Å². The zero-order chi connectivity index (χ0) is 22.8. The maximum Gasteiger partial charge on any atom is 0.282 e. The Balaban J connectivity index is 1.81. The largest absolute Gasteiger partial charge is 0.494 e. The third-order valence-electron chi connectivity index (χ3n) is 5.38.